The molecule has 0 radical (unpaired) electrons. The molecule has 0 aliphatic carbocycles. The number of Topliss-reactive ketones (excluding diaryl/α,β-unsaturated/α-hetero) is 1. The Balaban J connectivity index is 3.83. The van der Waals surface area contributed by atoms with E-state index in [9.17, 15) is 9.36 Å². The second-order valence-electron chi connectivity index (χ2n) is 9.22. The number of hydrogen-bond acceptors (Lipinski definition) is 5. The summed E-state index contributed by atoms with van der Waals surface area (Å²) >= 11 is 0. The van der Waals surface area contributed by atoms with Gasteiger partial charge in [-0.1, -0.05) is 47.6 Å². The Morgan fingerprint density at radius 2 is 1.45 bits per heavy atom. The normalized spacial score (nSPS) is 15.1. The first-order valence-electron chi connectivity index (χ1n) is 9.92. The molecule has 0 spiro atoms. The molecule has 7 heteroatoms. The van der Waals surface area contributed by atoms with E-state index in [2.05, 4.69) is 0 Å². The molecule has 0 aromatic heterocycles. The molecule has 5 nitrogen and oxygen atoms in total. The summed E-state index contributed by atoms with van der Waals surface area (Å²) in [6.45, 7) is 16.0. The van der Waals surface area contributed by atoms with Crippen molar-refractivity contribution in [2.75, 3.05) is 20.3 Å². The smallest absolute Gasteiger partial charge is 0.375 e. The summed E-state index contributed by atoms with van der Waals surface area (Å²) in [6.07, 6.45) is 0. The topological polar surface area (TPSA) is 61.8 Å². The minimum Gasteiger partial charge on any atom is -0.496 e. The highest BCUT2D eigenvalue weighted by molar-refractivity contribution is 7.56. The molecule has 1 aromatic rings. The number of rotatable bonds is 8. The van der Waals surface area contributed by atoms with Crippen molar-refractivity contribution < 1.29 is 27.5 Å². The number of ether oxygens (including phenoxy) is 1. The standard InChI is InChI=1S/C22H36FO5P/c1-11-27-29(25,28-12-2)22(9,23)19(24)16-13-15(20(3,4)5)14-17(18(16)26-10)21(6,7)8/h13-14H,11-12H2,1-10H3. The van der Waals surface area contributed by atoms with Crippen molar-refractivity contribution in [1.29, 1.82) is 0 Å². The van der Waals surface area contributed by atoms with Gasteiger partial charge in [-0.15, -0.1) is 0 Å². The first kappa shape index (κ1) is 25.8. The van der Waals surface area contributed by atoms with Gasteiger partial charge in [0.25, 0.3) is 5.41 Å². The van der Waals surface area contributed by atoms with Crippen LogP contribution in [-0.4, -0.2) is 31.5 Å². The first-order chi connectivity index (χ1) is 13.1. The minimum atomic E-state index is -4.36. The van der Waals surface area contributed by atoms with E-state index in [0.717, 1.165) is 18.1 Å². The maximum atomic E-state index is 15.8. The molecule has 29 heavy (non-hydrogen) atoms. The fourth-order valence-electron chi connectivity index (χ4n) is 3.00. The summed E-state index contributed by atoms with van der Waals surface area (Å²) in [7, 11) is -2.91. The molecule has 1 atom stereocenters. The number of halogens is 1. The summed E-state index contributed by atoms with van der Waals surface area (Å²) in [4.78, 5) is 13.4. The zero-order valence-electron chi connectivity index (χ0n) is 19.4. The molecular formula is C22H36FO5P. The molecule has 0 aliphatic rings. The maximum Gasteiger partial charge on any atom is 0.375 e. The van der Waals surface area contributed by atoms with Crippen LogP contribution in [0.3, 0.4) is 0 Å². The van der Waals surface area contributed by atoms with E-state index >= 15 is 4.39 Å². The number of carbonyl (C=O) groups excluding carboxylic acids is 1. The fraction of sp³-hybridized carbons (Fsp3) is 0.682. The monoisotopic (exact) mass is 430 g/mol. The van der Waals surface area contributed by atoms with Crippen molar-refractivity contribution in [1.82, 2.24) is 0 Å². The van der Waals surface area contributed by atoms with Crippen molar-refractivity contribution in [3.8, 4) is 5.75 Å². The summed E-state index contributed by atoms with van der Waals surface area (Å²) in [5.41, 5.74) is 1.00. The van der Waals surface area contributed by atoms with Crippen LogP contribution in [0.25, 0.3) is 0 Å². The van der Waals surface area contributed by atoms with Crippen LogP contribution in [0.5, 0.6) is 5.75 Å². The van der Waals surface area contributed by atoms with E-state index in [1.807, 2.05) is 47.6 Å². The van der Waals surface area contributed by atoms with Crippen LogP contribution in [0.15, 0.2) is 12.1 Å². The van der Waals surface area contributed by atoms with Gasteiger partial charge in [0.1, 0.15) is 5.75 Å². The van der Waals surface area contributed by atoms with E-state index in [4.69, 9.17) is 13.8 Å². The van der Waals surface area contributed by atoms with Gasteiger partial charge in [-0.3, -0.25) is 9.36 Å². The molecule has 0 aliphatic heterocycles. The molecule has 0 saturated heterocycles. The molecule has 0 heterocycles. The molecular weight excluding hydrogens is 394 g/mol. The van der Waals surface area contributed by atoms with E-state index in [0.29, 0.717) is 0 Å². The lowest BCUT2D eigenvalue weighted by molar-refractivity contribution is 0.0767. The number of carbonyl (C=O) groups is 1. The van der Waals surface area contributed by atoms with Gasteiger partial charge in [-0.05, 0) is 43.2 Å². The highest BCUT2D eigenvalue weighted by atomic mass is 31.2. The zero-order valence-corrected chi connectivity index (χ0v) is 20.3. The second-order valence-corrected chi connectivity index (χ2v) is 11.6. The average Bonchev–Trinajstić information content (AvgIpc) is 2.58. The van der Waals surface area contributed by atoms with Gasteiger partial charge in [0.05, 0.1) is 25.9 Å². The van der Waals surface area contributed by atoms with Gasteiger partial charge >= 0.3 is 7.60 Å². The van der Waals surface area contributed by atoms with Crippen LogP contribution in [0, 0.1) is 0 Å². The lowest BCUT2D eigenvalue weighted by atomic mass is 9.78. The molecule has 0 fully saturated rings. The van der Waals surface area contributed by atoms with Crippen molar-refractivity contribution >= 4 is 13.4 Å². The summed E-state index contributed by atoms with van der Waals surface area (Å²) < 4.78 is 44.8. The third kappa shape index (κ3) is 5.28. The molecule has 166 valence electrons. The highest BCUT2D eigenvalue weighted by Crippen LogP contribution is 2.62. The van der Waals surface area contributed by atoms with Gasteiger partial charge in [0.2, 0.25) is 5.78 Å². The van der Waals surface area contributed by atoms with E-state index < -0.39 is 18.8 Å². The third-order valence-electron chi connectivity index (χ3n) is 4.74. The van der Waals surface area contributed by atoms with Crippen molar-refractivity contribution in [2.24, 2.45) is 0 Å². The van der Waals surface area contributed by atoms with Gasteiger partial charge in [-0.2, -0.15) is 0 Å². The number of ketones is 1. The average molecular weight is 430 g/mol. The van der Waals surface area contributed by atoms with Crippen molar-refractivity contribution in [2.45, 2.75) is 78.6 Å². The third-order valence-corrected chi connectivity index (χ3v) is 7.17. The zero-order chi connectivity index (χ0) is 22.8. The van der Waals surface area contributed by atoms with Crippen molar-refractivity contribution in [3.63, 3.8) is 0 Å². The molecule has 0 amide bonds. The lowest BCUT2D eigenvalue weighted by Crippen LogP contribution is -2.33. The van der Waals surface area contributed by atoms with Gasteiger partial charge in [0.15, 0.2) is 0 Å². The Kier molecular flexibility index (Phi) is 7.89. The van der Waals surface area contributed by atoms with E-state index in [-0.39, 0.29) is 35.4 Å². The number of alkyl halides is 1. The van der Waals surface area contributed by atoms with Crippen LogP contribution < -0.4 is 4.74 Å². The number of methoxy groups -OCH3 is 1. The molecule has 0 saturated carbocycles. The van der Waals surface area contributed by atoms with Gasteiger partial charge in [0, 0.05) is 5.56 Å². The van der Waals surface area contributed by atoms with Gasteiger partial charge < -0.3 is 13.8 Å². The Bertz CT molecular complexity index is 778. The maximum absolute atomic E-state index is 15.8. The summed E-state index contributed by atoms with van der Waals surface area (Å²) in [5, 5.41) is -2.86. The Hall–Kier alpha value is -1.23. The predicted molar refractivity (Wildman–Crippen MR) is 115 cm³/mol. The quantitative estimate of drug-likeness (QED) is 0.351. The fourth-order valence-corrected chi connectivity index (χ4v) is 4.61. The molecule has 1 unspecified atom stereocenters. The lowest BCUT2D eigenvalue weighted by Gasteiger charge is -2.31. The van der Waals surface area contributed by atoms with Crippen LogP contribution in [0.4, 0.5) is 4.39 Å². The van der Waals surface area contributed by atoms with Crippen molar-refractivity contribution in [3.05, 3.63) is 28.8 Å². The molecule has 0 bridgehead atoms. The predicted octanol–water partition coefficient (Wildman–Crippen LogP) is 6.42. The van der Waals surface area contributed by atoms with E-state index in [1.165, 1.54) is 7.11 Å². The Morgan fingerprint density at radius 3 is 1.79 bits per heavy atom. The molecule has 1 rings (SSSR count). The largest absolute Gasteiger partial charge is 0.496 e. The Morgan fingerprint density at radius 1 is 0.966 bits per heavy atom. The van der Waals surface area contributed by atoms with Crippen LogP contribution >= 0.6 is 7.60 Å². The molecule has 1 aromatic carbocycles. The number of benzene rings is 1. The van der Waals surface area contributed by atoms with Gasteiger partial charge in [-0.25, -0.2) is 4.39 Å². The Labute approximate surface area is 174 Å². The first-order valence-corrected chi connectivity index (χ1v) is 11.5. The second kappa shape index (κ2) is 8.87. The van der Waals surface area contributed by atoms with Crippen LogP contribution in [-0.2, 0) is 24.4 Å². The highest BCUT2D eigenvalue weighted by Gasteiger charge is 2.55. The summed E-state index contributed by atoms with van der Waals surface area (Å²) in [5.74, 6) is -0.699. The SMILES string of the molecule is CCOP(=O)(OCC)C(C)(F)C(=O)c1cc(C(C)(C)C)cc(C(C)(C)C)c1OC. The van der Waals surface area contributed by atoms with Crippen LogP contribution in [0.2, 0.25) is 0 Å². The minimum absolute atomic E-state index is 0.0366. The summed E-state index contributed by atoms with van der Waals surface area (Å²) in [6, 6.07) is 3.60. The van der Waals surface area contributed by atoms with Crippen LogP contribution in [0.1, 0.15) is 83.8 Å². The molecule has 0 N–H and O–H groups in total. The number of hydrogen-bond donors (Lipinski definition) is 0. The van der Waals surface area contributed by atoms with E-state index in [1.54, 1.807) is 19.9 Å².